The van der Waals surface area contributed by atoms with Crippen molar-refractivity contribution >= 4 is 21.9 Å². The van der Waals surface area contributed by atoms with Crippen LogP contribution in [-0.2, 0) is 6.54 Å². The normalized spacial score (nSPS) is 12.1. The number of hydrogen-bond acceptors (Lipinski definition) is 2. The molecule has 4 heteroatoms. The van der Waals surface area contributed by atoms with Crippen LogP contribution in [0.2, 0.25) is 0 Å². The summed E-state index contributed by atoms with van der Waals surface area (Å²) in [4.78, 5) is 10.9. The average molecular weight is 348 g/mol. The molecule has 0 aliphatic carbocycles. The van der Waals surface area contributed by atoms with Crippen molar-refractivity contribution in [3.63, 3.8) is 0 Å². The van der Waals surface area contributed by atoms with Crippen molar-refractivity contribution in [2.45, 2.75) is 25.9 Å². The summed E-state index contributed by atoms with van der Waals surface area (Å²) in [6, 6.07) is 15.7. The number of aromatic carboxylic acids is 1. The first-order valence-corrected chi connectivity index (χ1v) is 7.71. The van der Waals surface area contributed by atoms with Crippen LogP contribution >= 0.6 is 15.9 Å². The number of carboxylic acids is 1. The van der Waals surface area contributed by atoms with Crippen molar-refractivity contribution in [2.24, 2.45) is 0 Å². The van der Waals surface area contributed by atoms with E-state index in [9.17, 15) is 4.79 Å². The van der Waals surface area contributed by atoms with E-state index in [1.807, 2.05) is 24.3 Å². The summed E-state index contributed by atoms with van der Waals surface area (Å²) < 4.78 is 0.817. The highest BCUT2D eigenvalue weighted by Crippen LogP contribution is 2.21. The monoisotopic (exact) mass is 347 g/mol. The minimum atomic E-state index is -0.911. The van der Waals surface area contributed by atoms with E-state index >= 15 is 0 Å². The van der Waals surface area contributed by atoms with E-state index < -0.39 is 5.97 Å². The molecule has 0 aromatic heterocycles. The molecule has 0 aliphatic rings. The van der Waals surface area contributed by atoms with Crippen molar-refractivity contribution in [2.75, 3.05) is 0 Å². The molecule has 3 nitrogen and oxygen atoms in total. The van der Waals surface area contributed by atoms with Gasteiger partial charge < -0.3 is 10.4 Å². The first-order chi connectivity index (χ1) is 10.1. The lowest BCUT2D eigenvalue weighted by Gasteiger charge is -2.18. The SMILES string of the molecule is CCC(NCc1ccc(C(=O)O)cc1Br)c1ccccc1. The Bertz CT molecular complexity index is 613. The molecule has 0 radical (unpaired) electrons. The number of halogens is 1. The van der Waals surface area contributed by atoms with Crippen LogP contribution in [0.3, 0.4) is 0 Å². The maximum Gasteiger partial charge on any atom is 0.335 e. The summed E-state index contributed by atoms with van der Waals surface area (Å²) in [5.74, 6) is -0.911. The molecular formula is C17H18BrNO2. The molecule has 2 aromatic carbocycles. The molecule has 0 fully saturated rings. The Morgan fingerprint density at radius 1 is 1.24 bits per heavy atom. The molecule has 0 amide bonds. The molecule has 2 N–H and O–H groups in total. The molecule has 1 unspecified atom stereocenters. The molecule has 0 saturated carbocycles. The third-order valence-corrected chi connectivity index (χ3v) is 4.19. The van der Waals surface area contributed by atoms with Crippen LogP contribution in [0.1, 0.15) is 40.9 Å². The average Bonchev–Trinajstić information content (AvgIpc) is 2.50. The van der Waals surface area contributed by atoms with Crippen molar-refractivity contribution in [3.05, 3.63) is 69.7 Å². The van der Waals surface area contributed by atoms with Crippen molar-refractivity contribution in [1.82, 2.24) is 5.32 Å². The van der Waals surface area contributed by atoms with Gasteiger partial charge >= 0.3 is 5.97 Å². The Morgan fingerprint density at radius 3 is 2.52 bits per heavy atom. The van der Waals surface area contributed by atoms with Crippen molar-refractivity contribution < 1.29 is 9.90 Å². The van der Waals surface area contributed by atoms with Crippen LogP contribution in [-0.4, -0.2) is 11.1 Å². The Kier molecular flexibility index (Phi) is 5.53. The zero-order valence-corrected chi connectivity index (χ0v) is 13.4. The fourth-order valence-corrected chi connectivity index (χ4v) is 2.76. The smallest absolute Gasteiger partial charge is 0.335 e. The van der Waals surface area contributed by atoms with Crippen LogP contribution in [0.5, 0.6) is 0 Å². The maximum absolute atomic E-state index is 10.9. The standard InChI is InChI=1S/C17H18BrNO2/c1-2-16(12-6-4-3-5-7-12)19-11-14-9-8-13(17(20)21)10-15(14)18/h3-10,16,19H,2,11H2,1H3,(H,20,21). The van der Waals surface area contributed by atoms with Gasteiger partial charge in [-0.1, -0.05) is 59.3 Å². The molecule has 2 rings (SSSR count). The molecule has 0 saturated heterocycles. The maximum atomic E-state index is 10.9. The van der Waals surface area contributed by atoms with E-state index in [1.165, 1.54) is 5.56 Å². The Balaban J connectivity index is 2.07. The summed E-state index contributed by atoms with van der Waals surface area (Å²) in [5, 5.41) is 12.5. The lowest BCUT2D eigenvalue weighted by Crippen LogP contribution is -2.20. The van der Waals surface area contributed by atoms with Crippen LogP contribution in [0.15, 0.2) is 53.0 Å². The van der Waals surface area contributed by atoms with E-state index in [0.717, 1.165) is 16.5 Å². The van der Waals surface area contributed by atoms with E-state index in [-0.39, 0.29) is 6.04 Å². The zero-order chi connectivity index (χ0) is 15.2. The predicted molar refractivity (Wildman–Crippen MR) is 87.4 cm³/mol. The van der Waals surface area contributed by atoms with Crippen LogP contribution in [0, 0.1) is 0 Å². The largest absolute Gasteiger partial charge is 0.478 e. The summed E-state index contributed by atoms with van der Waals surface area (Å²) >= 11 is 3.44. The quantitative estimate of drug-likeness (QED) is 0.814. The third kappa shape index (κ3) is 4.16. The fraction of sp³-hybridized carbons (Fsp3) is 0.235. The molecule has 21 heavy (non-hydrogen) atoms. The molecular weight excluding hydrogens is 330 g/mol. The van der Waals surface area contributed by atoms with Gasteiger partial charge in [-0.2, -0.15) is 0 Å². The number of carboxylic acid groups (broad SMARTS) is 1. The van der Waals surface area contributed by atoms with E-state index in [4.69, 9.17) is 5.11 Å². The molecule has 0 spiro atoms. The number of nitrogens with one attached hydrogen (secondary N) is 1. The van der Waals surface area contributed by atoms with Gasteiger partial charge in [0.15, 0.2) is 0 Å². The Morgan fingerprint density at radius 2 is 1.95 bits per heavy atom. The molecule has 0 bridgehead atoms. The van der Waals surface area contributed by atoms with E-state index in [1.54, 1.807) is 12.1 Å². The first-order valence-electron chi connectivity index (χ1n) is 6.92. The van der Waals surface area contributed by atoms with Crippen LogP contribution < -0.4 is 5.32 Å². The van der Waals surface area contributed by atoms with Crippen molar-refractivity contribution in [3.8, 4) is 0 Å². The van der Waals surface area contributed by atoms with Gasteiger partial charge in [0, 0.05) is 17.1 Å². The Labute approximate surface area is 133 Å². The van der Waals surface area contributed by atoms with Gasteiger partial charge in [0.2, 0.25) is 0 Å². The second-order valence-electron chi connectivity index (χ2n) is 4.86. The molecule has 110 valence electrons. The van der Waals surface area contributed by atoms with Gasteiger partial charge in [-0.25, -0.2) is 4.79 Å². The van der Waals surface area contributed by atoms with Crippen molar-refractivity contribution in [1.29, 1.82) is 0 Å². The molecule has 2 aromatic rings. The highest BCUT2D eigenvalue weighted by Gasteiger charge is 2.10. The van der Waals surface area contributed by atoms with Gasteiger partial charge in [0.05, 0.1) is 5.56 Å². The number of benzene rings is 2. The lowest BCUT2D eigenvalue weighted by molar-refractivity contribution is 0.0697. The fourth-order valence-electron chi connectivity index (χ4n) is 2.24. The summed E-state index contributed by atoms with van der Waals surface area (Å²) in [6.45, 7) is 2.83. The van der Waals surface area contributed by atoms with Gasteiger partial charge in [0.25, 0.3) is 0 Å². The van der Waals surface area contributed by atoms with Gasteiger partial charge in [0.1, 0.15) is 0 Å². The summed E-state index contributed by atoms with van der Waals surface area (Å²) in [6.07, 6.45) is 0.995. The highest BCUT2D eigenvalue weighted by atomic mass is 79.9. The third-order valence-electron chi connectivity index (χ3n) is 3.45. The zero-order valence-electron chi connectivity index (χ0n) is 11.8. The van der Waals surface area contributed by atoms with E-state index in [2.05, 4.69) is 40.3 Å². The first kappa shape index (κ1) is 15.7. The van der Waals surface area contributed by atoms with Gasteiger partial charge in [-0.3, -0.25) is 0 Å². The van der Waals surface area contributed by atoms with Crippen LogP contribution in [0.4, 0.5) is 0 Å². The van der Waals surface area contributed by atoms with Gasteiger partial charge in [-0.15, -0.1) is 0 Å². The minimum absolute atomic E-state index is 0.289. The molecule has 0 heterocycles. The predicted octanol–water partition coefficient (Wildman–Crippen LogP) is 4.39. The Hall–Kier alpha value is -1.65. The minimum Gasteiger partial charge on any atom is -0.478 e. The molecule has 1 atom stereocenters. The summed E-state index contributed by atoms with van der Waals surface area (Å²) in [5.41, 5.74) is 2.60. The second-order valence-corrected chi connectivity index (χ2v) is 5.72. The summed E-state index contributed by atoms with van der Waals surface area (Å²) in [7, 11) is 0. The number of carbonyl (C=O) groups is 1. The topological polar surface area (TPSA) is 49.3 Å². The molecule has 0 aliphatic heterocycles. The number of rotatable bonds is 6. The van der Waals surface area contributed by atoms with E-state index in [0.29, 0.717) is 12.1 Å². The number of hydrogen-bond donors (Lipinski definition) is 2. The van der Waals surface area contributed by atoms with Crippen LogP contribution in [0.25, 0.3) is 0 Å². The van der Waals surface area contributed by atoms with Gasteiger partial charge in [-0.05, 0) is 29.7 Å². The lowest BCUT2D eigenvalue weighted by atomic mass is 10.0. The highest BCUT2D eigenvalue weighted by molar-refractivity contribution is 9.10. The second kappa shape index (κ2) is 7.38.